The quantitative estimate of drug-likeness (QED) is 0.182. The number of benzene rings is 8. The smallest absolute Gasteiger partial charge is 0.164 e. The first-order chi connectivity index (χ1) is 27.2. The highest BCUT2D eigenvalue weighted by Gasteiger charge is 2.22. The second-order valence-electron chi connectivity index (χ2n) is 14.1. The van der Waals surface area contributed by atoms with Gasteiger partial charge in [0.25, 0.3) is 0 Å². The predicted octanol–water partition coefficient (Wildman–Crippen LogP) is 14.5. The Bertz CT molecular complexity index is 3500. The van der Waals surface area contributed by atoms with Crippen molar-refractivity contribution in [1.82, 2.24) is 9.97 Å². The van der Waals surface area contributed by atoms with Gasteiger partial charge in [-0.15, -0.1) is 11.3 Å². The number of aromatic nitrogens is 2. The van der Waals surface area contributed by atoms with Crippen LogP contribution >= 0.6 is 11.3 Å². The largest absolute Gasteiger partial charge is 0.456 e. The monoisotopic (exact) mass is 720 g/mol. The molecule has 12 aromatic rings. The van der Waals surface area contributed by atoms with Crippen LogP contribution in [0.4, 0.5) is 0 Å². The Morgan fingerprint density at radius 1 is 0.400 bits per heavy atom. The van der Waals surface area contributed by atoms with Gasteiger partial charge in [0, 0.05) is 37.2 Å². The Balaban J connectivity index is 1.10. The zero-order chi connectivity index (χ0) is 36.0. The molecule has 0 atom stereocenters. The van der Waals surface area contributed by atoms with Gasteiger partial charge < -0.3 is 8.83 Å². The number of para-hydroxylation sites is 2. The van der Waals surface area contributed by atoms with Crippen molar-refractivity contribution in [3.8, 4) is 44.9 Å². The number of rotatable bonds is 4. The first-order valence-corrected chi connectivity index (χ1v) is 19.2. The lowest BCUT2D eigenvalue weighted by atomic mass is 9.93. The van der Waals surface area contributed by atoms with E-state index in [0.29, 0.717) is 5.82 Å². The molecule has 0 saturated heterocycles. The lowest BCUT2D eigenvalue weighted by Gasteiger charge is -2.10. The summed E-state index contributed by atoms with van der Waals surface area (Å²) in [7, 11) is 0. The van der Waals surface area contributed by atoms with Crippen LogP contribution in [-0.2, 0) is 0 Å². The highest BCUT2D eigenvalue weighted by atomic mass is 32.1. The number of hydrogen-bond donors (Lipinski definition) is 0. The van der Waals surface area contributed by atoms with E-state index in [4.69, 9.17) is 18.8 Å². The van der Waals surface area contributed by atoms with Crippen LogP contribution in [0.1, 0.15) is 0 Å². The molecule has 4 aromatic heterocycles. The van der Waals surface area contributed by atoms with Gasteiger partial charge in [-0.05, 0) is 75.5 Å². The molecule has 0 aliphatic rings. The van der Waals surface area contributed by atoms with E-state index in [1.807, 2.05) is 18.2 Å². The fourth-order valence-electron chi connectivity index (χ4n) is 8.35. The third kappa shape index (κ3) is 4.64. The maximum Gasteiger partial charge on any atom is 0.164 e. The molecule has 8 aromatic carbocycles. The van der Waals surface area contributed by atoms with Gasteiger partial charge in [-0.3, -0.25) is 0 Å². The molecule has 0 amide bonds. The van der Waals surface area contributed by atoms with E-state index in [9.17, 15) is 0 Å². The van der Waals surface area contributed by atoms with Crippen LogP contribution in [-0.4, -0.2) is 9.97 Å². The van der Waals surface area contributed by atoms with E-state index in [0.717, 1.165) is 92.8 Å². The summed E-state index contributed by atoms with van der Waals surface area (Å²) in [4.78, 5) is 10.7. The fraction of sp³-hybridized carbons (Fsp3) is 0. The summed E-state index contributed by atoms with van der Waals surface area (Å²) in [5, 5.41) is 7.77. The van der Waals surface area contributed by atoms with Crippen molar-refractivity contribution < 1.29 is 8.83 Å². The van der Waals surface area contributed by atoms with Crippen molar-refractivity contribution >= 4 is 86.3 Å². The van der Waals surface area contributed by atoms with Gasteiger partial charge in [0.2, 0.25) is 0 Å². The average Bonchev–Trinajstić information content (AvgIpc) is 3.94. The molecule has 4 nitrogen and oxygen atoms in total. The molecule has 0 aliphatic carbocycles. The summed E-state index contributed by atoms with van der Waals surface area (Å²) in [5.74, 6) is 0.625. The molecule has 0 aliphatic heterocycles. The van der Waals surface area contributed by atoms with Crippen molar-refractivity contribution in [2.75, 3.05) is 0 Å². The van der Waals surface area contributed by atoms with Crippen molar-refractivity contribution in [2.45, 2.75) is 0 Å². The highest BCUT2D eigenvalue weighted by molar-refractivity contribution is 7.26. The van der Waals surface area contributed by atoms with E-state index in [1.54, 1.807) is 11.3 Å². The lowest BCUT2D eigenvalue weighted by Crippen LogP contribution is -1.94. The average molecular weight is 721 g/mol. The SMILES string of the molecule is c1ccc(-c2cccc(-c3cc4oc5c(-c6nc(-c7ccc8c(c7)oc7ccccc78)c7sc8ccccc8c7n6)cccc5c4c4ccccc34)c2)cc1. The summed E-state index contributed by atoms with van der Waals surface area (Å²) in [6, 6.07) is 59.6. The Labute approximate surface area is 318 Å². The molecular formula is C50H28N2O2S. The normalized spacial score (nSPS) is 12.0. The number of fused-ring (bicyclic) bond motifs is 11. The first kappa shape index (κ1) is 30.4. The molecule has 0 radical (unpaired) electrons. The van der Waals surface area contributed by atoms with E-state index in [1.165, 1.54) is 21.2 Å². The first-order valence-electron chi connectivity index (χ1n) is 18.4. The van der Waals surface area contributed by atoms with Gasteiger partial charge in [-0.25, -0.2) is 9.97 Å². The van der Waals surface area contributed by atoms with Crippen LogP contribution in [0.25, 0.3) is 120 Å². The third-order valence-corrected chi connectivity index (χ3v) is 12.1. The van der Waals surface area contributed by atoms with Crippen molar-refractivity contribution in [1.29, 1.82) is 0 Å². The number of nitrogens with zero attached hydrogens (tertiary/aromatic N) is 2. The van der Waals surface area contributed by atoms with Crippen molar-refractivity contribution in [3.63, 3.8) is 0 Å². The van der Waals surface area contributed by atoms with Crippen LogP contribution in [0.3, 0.4) is 0 Å². The maximum atomic E-state index is 6.95. The van der Waals surface area contributed by atoms with Crippen LogP contribution in [0, 0.1) is 0 Å². The lowest BCUT2D eigenvalue weighted by molar-refractivity contribution is 0.669. The summed E-state index contributed by atoms with van der Waals surface area (Å²) in [6.45, 7) is 0. The number of furan rings is 2. The minimum Gasteiger partial charge on any atom is -0.456 e. The van der Waals surface area contributed by atoms with E-state index < -0.39 is 0 Å². The molecule has 0 bridgehead atoms. The number of thiophene rings is 1. The molecule has 4 heterocycles. The Kier molecular flexibility index (Phi) is 6.47. The molecule has 5 heteroatoms. The van der Waals surface area contributed by atoms with Crippen LogP contribution < -0.4 is 0 Å². The Morgan fingerprint density at radius 2 is 1.11 bits per heavy atom. The van der Waals surface area contributed by atoms with Crippen LogP contribution in [0.15, 0.2) is 179 Å². The van der Waals surface area contributed by atoms with Gasteiger partial charge in [-0.1, -0.05) is 127 Å². The molecule has 0 spiro atoms. The van der Waals surface area contributed by atoms with Crippen LogP contribution in [0.5, 0.6) is 0 Å². The van der Waals surface area contributed by atoms with Gasteiger partial charge >= 0.3 is 0 Å². The Hall–Kier alpha value is -7.08. The standard InChI is InChI=1S/C50H28N2O2S/c1-2-12-29(13-3-1)30-14-10-15-31(26-30)40-28-43-45(36-18-5-4-16-33(36)40)38-20-11-21-39(48(38)54-43)50-51-46(49-47(52-50)37-19-7-9-23-44(37)55-49)32-24-25-35-34-17-6-8-22-41(34)53-42(35)27-32/h1-28H. The minimum absolute atomic E-state index is 0.625. The van der Waals surface area contributed by atoms with Crippen LogP contribution in [0.2, 0.25) is 0 Å². The molecule has 12 rings (SSSR count). The number of hydrogen-bond acceptors (Lipinski definition) is 5. The van der Waals surface area contributed by atoms with Gasteiger partial charge in [0.1, 0.15) is 22.3 Å². The third-order valence-electron chi connectivity index (χ3n) is 10.9. The van der Waals surface area contributed by atoms with Gasteiger partial charge in [0.15, 0.2) is 5.82 Å². The molecule has 256 valence electrons. The summed E-state index contributed by atoms with van der Waals surface area (Å²) in [6.07, 6.45) is 0. The summed E-state index contributed by atoms with van der Waals surface area (Å²) >= 11 is 1.73. The summed E-state index contributed by atoms with van der Waals surface area (Å²) < 4.78 is 15.5. The van der Waals surface area contributed by atoms with Gasteiger partial charge in [0.05, 0.1) is 21.5 Å². The molecule has 0 unspecified atom stereocenters. The fourth-order valence-corrected chi connectivity index (χ4v) is 9.51. The molecule has 55 heavy (non-hydrogen) atoms. The Morgan fingerprint density at radius 3 is 2.02 bits per heavy atom. The topological polar surface area (TPSA) is 52.1 Å². The molecule has 0 fully saturated rings. The van der Waals surface area contributed by atoms with E-state index >= 15 is 0 Å². The zero-order valence-corrected chi connectivity index (χ0v) is 30.1. The van der Waals surface area contributed by atoms with E-state index in [2.05, 4.69) is 152 Å². The summed E-state index contributed by atoms with van der Waals surface area (Å²) in [5.41, 5.74) is 11.6. The highest BCUT2D eigenvalue weighted by Crippen LogP contribution is 2.45. The van der Waals surface area contributed by atoms with Crippen molar-refractivity contribution in [3.05, 3.63) is 170 Å². The molecule has 0 N–H and O–H groups in total. The molecular weight excluding hydrogens is 693 g/mol. The minimum atomic E-state index is 0.625. The predicted molar refractivity (Wildman–Crippen MR) is 229 cm³/mol. The van der Waals surface area contributed by atoms with Crippen molar-refractivity contribution in [2.24, 2.45) is 0 Å². The van der Waals surface area contributed by atoms with E-state index in [-0.39, 0.29) is 0 Å². The van der Waals surface area contributed by atoms with Gasteiger partial charge in [-0.2, -0.15) is 0 Å². The second-order valence-corrected chi connectivity index (χ2v) is 15.1. The maximum absolute atomic E-state index is 6.95. The second kappa shape index (κ2) is 11.7. The zero-order valence-electron chi connectivity index (χ0n) is 29.3. The molecule has 0 saturated carbocycles.